The van der Waals surface area contributed by atoms with Gasteiger partial charge in [0.1, 0.15) is 5.78 Å². The normalized spacial score (nSPS) is 20.5. The Morgan fingerprint density at radius 1 is 1.41 bits per heavy atom. The van der Waals surface area contributed by atoms with Crippen molar-refractivity contribution in [1.29, 1.82) is 0 Å². The van der Waals surface area contributed by atoms with E-state index in [2.05, 4.69) is 0 Å². The molecule has 1 aliphatic carbocycles. The predicted octanol–water partition coefficient (Wildman–Crippen LogP) is 2.76. The standard InChI is InChI=1S/C15H17ClO5S/c1-10(17)21-15(11-4-2-6-13(18)8-11)22(19,20)14-7-3-5-12(16)9-14/h3,5,7,9,11,15H,2,4,6,8H2,1H3. The lowest BCUT2D eigenvalue weighted by molar-refractivity contribution is -0.146. The Labute approximate surface area is 134 Å². The lowest BCUT2D eigenvalue weighted by Crippen LogP contribution is -2.37. The molecule has 22 heavy (non-hydrogen) atoms. The SMILES string of the molecule is CC(=O)OC(C1CCCC(=O)C1)S(=O)(=O)c1cccc(Cl)c1. The van der Waals surface area contributed by atoms with Crippen LogP contribution in [-0.2, 0) is 24.2 Å². The molecule has 0 aliphatic heterocycles. The van der Waals surface area contributed by atoms with Crippen molar-refractivity contribution in [3.63, 3.8) is 0 Å². The van der Waals surface area contributed by atoms with Gasteiger partial charge in [-0.2, -0.15) is 0 Å². The first-order valence-corrected chi connectivity index (χ1v) is 8.91. The molecule has 0 radical (unpaired) electrons. The van der Waals surface area contributed by atoms with Gasteiger partial charge in [-0.25, -0.2) is 8.42 Å². The molecule has 2 rings (SSSR count). The number of hydrogen-bond acceptors (Lipinski definition) is 5. The maximum atomic E-state index is 12.8. The minimum atomic E-state index is -3.92. The second-order valence-electron chi connectivity index (χ2n) is 5.38. The number of carbonyl (C=O) groups is 2. The van der Waals surface area contributed by atoms with E-state index in [1.165, 1.54) is 18.2 Å². The number of sulfone groups is 1. The molecule has 5 nitrogen and oxygen atoms in total. The smallest absolute Gasteiger partial charge is 0.303 e. The molecule has 7 heteroatoms. The van der Waals surface area contributed by atoms with Gasteiger partial charge in [0.15, 0.2) is 0 Å². The third kappa shape index (κ3) is 3.87. The quantitative estimate of drug-likeness (QED) is 0.785. The zero-order valence-corrected chi connectivity index (χ0v) is 13.7. The molecule has 0 N–H and O–H groups in total. The molecule has 1 saturated carbocycles. The first kappa shape index (κ1) is 17.0. The van der Waals surface area contributed by atoms with Gasteiger partial charge in [-0.05, 0) is 31.0 Å². The van der Waals surface area contributed by atoms with Crippen LogP contribution in [0.15, 0.2) is 29.2 Å². The molecule has 1 fully saturated rings. The monoisotopic (exact) mass is 344 g/mol. The Bertz CT molecular complexity index is 683. The van der Waals surface area contributed by atoms with E-state index in [1.54, 1.807) is 6.07 Å². The summed E-state index contributed by atoms with van der Waals surface area (Å²) in [7, 11) is -3.92. The molecule has 0 amide bonds. The van der Waals surface area contributed by atoms with Crippen LogP contribution in [0.25, 0.3) is 0 Å². The van der Waals surface area contributed by atoms with Crippen molar-refractivity contribution in [2.75, 3.05) is 0 Å². The highest BCUT2D eigenvalue weighted by Gasteiger charge is 2.39. The zero-order chi connectivity index (χ0) is 16.3. The third-order valence-electron chi connectivity index (χ3n) is 3.62. The van der Waals surface area contributed by atoms with Gasteiger partial charge in [-0.1, -0.05) is 17.7 Å². The molecule has 1 aromatic rings. The Hall–Kier alpha value is -1.40. The van der Waals surface area contributed by atoms with Crippen LogP contribution in [0.1, 0.15) is 32.6 Å². The van der Waals surface area contributed by atoms with Crippen LogP contribution in [-0.4, -0.2) is 25.6 Å². The largest absolute Gasteiger partial charge is 0.445 e. The molecule has 1 aliphatic rings. The van der Waals surface area contributed by atoms with Crippen molar-refractivity contribution in [3.05, 3.63) is 29.3 Å². The van der Waals surface area contributed by atoms with Crippen molar-refractivity contribution < 1.29 is 22.7 Å². The van der Waals surface area contributed by atoms with Crippen molar-refractivity contribution >= 4 is 33.2 Å². The van der Waals surface area contributed by atoms with Gasteiger partial charge in [0, 0.05) is 30.7 Å². The Kier molecular flexibility index (Phi) is 5.24. The summed E-state index contributed by atoms with van der Waals surface area (Å²) < 4.78 is 30.6. The second-order valence-corrected chi connectivity index (χ2v) is 7.84. The van der Waals surface area contributed by atoms with Crippen LogP contribution in [0.5, 0.6) is 0 Å². The number of benzene rings is 1. The van der Waals surface area contributed by atoms with Gasteiger partial charge < -0.3 is 4.74 Å². The predicted molar refractivity (Wildman–Crippen MR) is 81.2 cm³/mol. The number of ether oxygens (including phenoxy) is 1. The maximum absolute atomic E-state index is 12.8. The fourth-order valence-electron chi connectivity index (χ4n) is 2.64. The molecule has 0 aromatic heterocycles. The summed E-state index contributed by atoms with van der Waals surface area (Å²) in [6, 6.07) is 5.80. The van der Waals surface area contributed by atoms with E-state index < -0.39 is 27.2 Å². The number of halogens is 1. The topological polar surface area (TPSA) is 77.5 Å². The van der Waals surface area contributed by atoms with Crippen LogP contribution in [0, 0.1) is 5.92 Å². The van der Waals surface area contributed by atoms with Crippen LogP contribution in [0.4, 0.5) is 0 Å². The summed E-state index contributed by atoms with van der Waals surface area (Å²) in [5.41, 5.74) is -1.35. The van der Waals surface area contributed by atoms with Crippen molar-refractivity contribution in [1.82, 2.24) is 0 Å². The molecule has 0 heterocycles. The van der Waals surface area contributed by atoms with Crippen molar-refractivity contribution in [2.24, 2.45) is 5.92 Å². The molecule has 120 valence electrons. The highest BCUT2D eigenvalue weighted by molar-refractivity contribution is 7.92. The van der Waals surface area contributed by atoms with Crippen LogP contribution in [0.2, 0.25) is 5.02 Å². The molecule has 0 saturated heterocycles. The van der Waals surface area contributed by atoms with Crippen molar-refractivity contribution in [2.45, 2.75) is 42.9 Å². The van der Waals surface area contributed by atoms with Gasteiger partial charge in [0.05, 0.1) is 4.90 Å². The lowest BCUT2D eigenvalue weighted by Gasteiger charge is -2.28. The lowest BCUT2D eigenvalue weighted by atomic mass is 9.89. The summed E-state index contributed by atoms with van der Waals surface area (Å²) in [5, 5.41) is 0.280. The van der Waals surface area contributed by atoms with Gasteiger partial charge in [0.2, 0.25) is 15.3 Å². The first-order chi connectivity index (χ1) is 10.3. The molecule has 0 bridgehead atoms. The van der Waals surface area contributed by atoms with E-state index in [-0.39, 0.29) is 22.1 Å². The summed E-state index contributed by atoms with van der Waals surface area (Å²) in [6.45, 7) is 1.16. The van der Waals surface area contributed by atoms with E-state index in [1.807, 2.05) is 0 Å². The molecular weight excluding hydrogens is 328 g/mol. The fraction of sp³-hybridized carbons (Fsp3) is 0.467. The van der Waals surface area contributed by atoms with Gasteiger partial charge >= 0.3 is 5.97 Å². The van der Waals surface area contributed by atoms with Gasteiger partial charge in [-0.15, -0.1) is 0 Å². The molecule has 1 aromatic carbocycles. The minimum absolute atomic E-state index is 0.00491. The van der Waals surface area contributed by atoms with E-state index in [9.17, 15) is 18.0 Å². The highest BCUT2D eigenvalue weighted by Crippen LogP contribution is 2.32. The number of Topliss-reactive ketones (excluding diaryl/α,β-unsaturated/α-hetero) is 1. The number of carbonyl (C=O) groups excluding carboxylic acids is 2. The Balaban J connectivity index is 2.39. The Morgan fingerprint density at radius 2 is 2.14 bits per heavy atom. The molecule has 2 atom stereocenters. The summed E-state index contributed by atoms with van der Waals surface area (Å²) in [6.07, 6.45) is 1.69. The number of esters is 1. The average molecular weight is 345 g/mol. The van der Waals surface area contributed by atoms with Crippen LogP contribution < -0.4 is 0 Å². The molecule has 2 unspecified atom stereocenters. The Morgan fingerprint density at radius 3 is 2.73 bits per heavy atom. The highest BCUT2D eigenvalue weighted by atomic mass is 35.5. The van der Waals surface area contributed by atoms with E-state index in [0.29, 0.717) is 19.3 Å². The molecule has 0 spiro atoms. The van der Waals surface area contributed by atoms with Crippen LogP contribution >= 0.6 is 11.6 Å². The minimum Gasteiger partial charge on any atom is -0.445 e. The van der Waals surface area contributed by atoms with Crippen LogP contribution in [0.3, 0.4) is 0 Å². The van der Waals surface area contributed by atoms with E-state index in [0.717, 1.165) is 6.92 Å². The van der Waals surface area contributed by atoms with Crippen molar-refractivity contribution in [3.8, 4) is 0 Å². The third-order valence-corrected chi connectivity index (χ3v) is 5.86. The average Bonchev–Trinajstić information content (AvgIpc) is 2.44. The zero-order valence-electron chi connectivity index (χ0n) is 12.1. The number of ketones is 1. The summed E-state index contributed by atoms with van der Waals surface area (Å²) in [5.74, 6) is -1.21. The summed E-state index contributed by atoms with van der Waals surface area (Å²) >= 11 is 5.84. The molecular formula is C15H17ClO5S. The first-order valence-electron chi connectivity index (χ1n) is 6.99. The van der Waals surface area contributed by atoms with E-state index >= 15 is 0 Å². The van der Waals surface area contributed by atoms with E-state index in [4.69, 9.17) is 16.3 Å². The maximum Gasteiger partial charge on any atom is 0.303 e. The van der Waals surface area contributed by atoms with Gasteiger partial charge in [0.25, 0.3) is 0 Å². The second kappa shape index (κ2) is 6.79. The fourth-order valence-corrected chi connectivity index (χ4v) is 4.73. The van der Waals surface area contributed by atoms with Gasteiger partial charge in [-0.3, -0.25) is 9.59 Å². The number of rotatable bonds is 4. The number of hydrogen-bond donors (Lipinski definition) is 0. The summed E-state index contributed by atoms with van der Waals surface area (Å²) in [4.78, 5) is 22.9.